The molecular weight excluding hydrogens is 277 g/mol. The molecule has 0 aliphatic heterocycles. The van der Waals surface area contributed by atoms with Gasteiger partial charge in [-0.1, -0.05) is 6.07 Å². The molecule has 0 atom stereocenters. The van der Waals surface area contributed by atoms with Crippen LogP contribution in [-0.4, -0.2) is 11.5 Å². The van der Waals surface area contributed by atoms with Gasteiger partial charge in [-0.3, -0.25) is 10.8 Å². The largest absolute Gasteiger partial charge is 0.382 e. The second-order valence-electron chi connectivity index (χ2n) is 2.70. The molecule has 0 bridgehead atoms. The molecule has 0 unspecified atom stereocenters. The van der Waals surface area contributed by atoms with Crippen LogP contribution >= 0.6 is 15.9 Å². The molecule has 0 radical (unpaired) electrons. The van der Waals surface area contributed by atoms with Gasteiger partial charge < -0.3 is 5.73 Å². The Morgan fingerprint density at radius 1 is 1.62 bits per heavy atom. The molecule has 0 aliphatic rings. The highest BCUT2D eigenvalue weighted by Gasteiger charge is 2.06. The summed E-state index contributed by atoms with van der Waals surface area (Å²) in [6, 6.07) is 6.18. The molecule has 0 heterocycles. The maximum absolute atomic E-state index is 13.4. The number of amidine groups is 1. The van der Waals surface area contributed by atoms with E-state index < -0.39 is 11.7 Å². The van der Waals surface area contributed by atoms with E-state index in [1.807, 2.05) is 0 Å². The number of halogens is 2. The van der Waals surface area contributed by atoms with Crippen LogP contribution in [0.25, 0.3) is 0 Å². The molecule has 0 amide bonds. The standard InChI is InChI=1S/C9H7BrFN5/c10-5-2-1-3-6(8(5)11)15-16-7(4-12)9(13)14/h1-3,15H,(H3,13,14)/b16-7+. The van der Waals surface area contributed by atoms with Crippen LogP contribution in [0.15, 0.2) is 27.8 Å². The molecule has 82 valence electrons. The van der Waals surface area contributed by atoms with E-state index in [4.69, 9.17) is 16.4 Å². The lowest BCUT2D eigenvalue weighted by atomic mass is 10.3. The van der Waals surface area contributed by atoms with Crippen LogP contribution in [-0.2, 0) is 0 Å². The van der Waals surface area contributed by atoms with Crippen LogP contribution < -0.4 is 11.2 Å². The van der Waals surface area contributed by atoms with E-state index in [2.05, 4.69) is 26.5 Å². The first-order valence-corrected chi connectivity index (χ1v) is 4.87. The van der Waals surface area contributed by atoms with Crippen LogP contribution in [0, 0.1) is 22.6 Å². The van der Waals surface area contributed by atoms with Gasteiger partial charge in [0.1, 0.15) is 6.07 Å². The van der Waals surface area contributed by atoms with Gasteiger partial charge in [0, 0.05) is 0 Å². The number of nitrogens with two attached hydrogens (primary N) is 1. The number of nitrogens with one attached hydrogen (secondary N) is 2. The zero-order valence-electron chi connectivity index (χ0n) is 7.96. The average molecular weight is 284 g/mol. The highest BCUT2D eigenvalue weighted by molar-refractivity contribution is 9.10. The Balaban J connectivity index is 2.95. The topological polar surface area (TPSA) is 98.0 Å². The van der Waals surface area contributed by atoms with Crippen LogP contribution in [0.4, 0.5) is 10.1 Å². The third-order valence-electron chi connectivity index (χ3n) is 1.60. The molecule has 0 spiro atoms. The summed E-state index contributed by atoms with van der Waals surface area (Å²) in [6.45, 7) is 0. The van der Waals surface area contributed by atoms with Crippen molar-refractivity contribution in [1.29, 1.82) is 10.7 Å². The SMILES string of the molecule is N#C/C(=N\Nc1cccc(Br)c1F)C(=N)N. The zero-order valence-corrected chi connectivity index (χ0v) is 9.55. The summed E-state index contributed by atoms with van der Waals surface area (Å²) in [5.41, 5.74) is 7.17. The molecule has 1 rings (SSSR count). The number of anilines is 1. The molecule has 1 aromatic carbocycles. The van der Waals surface area contributed by atoms with Gasteiger partial charge >= 0.3 is 0 Å². The van der Waals surface area contributed by atoms with Crippen LogP contribution in [0.2, 0.25) is 0 Å². The molecule has 0 fully saturated rings. The second-order valence-corrected chi connectivity index (χ2v) is 3.55. The van der Waals surface area contributed by atoms with Crippen molar-refractivity contribution < 1.29 is 4.39 Å². The maximum Gasteiger partial charge on any atom is 0.201 e. The van der Waals surface area contributed by atoms with Gasteiger partial charge in [0.25, 0.3) is 0 Å². The number of hydrogen-bond acceptors (Lipinski definition) is 4. The van der Waals surface area contributed by atoms with E-state index in [1.54, 1.807) is 12.1 Å². The highest BCUT2D eigenvalue weighted by atomic mass is 79.9. The van der Waals surface area contributed by atoms with E-state index in [9.17, 15) is 4.39 Å². The second kappa shape index (κ2) is 5.23. The zero-order chi connectivity index (χ0) is 12.1. The first kappa shape index (κ1) is 12.1. The quantitative estimate of drug-likeness (QED) is 0.448. The summed E-state index contributed by atoms with van der Waals surface area (Å²) in [6.07, 6.45) is 0. The summed E-state index contributed by atoms with van der Waals surface area (Å²) in [5.74, 6) is -1.02. The number of benzene rings is 1. The minimum Gasteiger partial charge on any atom is -0.382 e. The van der Waals surface area contributed by atoms with Gasteiger partial charge in [-0.05, 0) is 28.1 Å². The van der Waals surface area contributed by atoms with Gasteiger partial charge in [-0.15, -0.1) is 0 Å². The van der Waals surface area contributed by atoms with Crippen molar-refractivity contribution in [3.05, 3.63) is 28.5 Å². The van der Waals surface area contributed by atoms with Gasteiger partial charge in [-0.25, -0.2) is 4.39 Å². The van der Waals surface area contributed by atoms with Gasteiger partial charge in [0.2, 0.25) is 5.71 Å². The predicted octanol–water partition coefficient (Wildman–Crippen LogP) is 1.82. The summed E-state index contributed by atoms with van der Waals surface area (Å²) < 4.78 is 13.7. The lowest BCUT2D eigenvalue weighted by molar-refractivity contribution is 0.624. The third kappa shape index (κ3) is 2.77. The molecule has 16 heavy (non-hydrogen) atoms. The van der Waals surface area contributed by atoms with Crippen molar-refractivity contribution in [3.63, 3.8) is 0 Å². The predicted molar refractivity (Wildman–Crippen MR) is 62.7 cm³/mol. The third-order valence-corrected chi connectivity index (χ3v) is 2.21. The lowest BCUT2D eigenvalue weighted by Gasteiger charge is -2.03. The number of nitrogens with zero attached hydrogens (tertiary/aromatic N) is 2. The first-order chi connectivity index (χ1) is 7.56. The summed E-state index contributed by atoms with van der Waals surface area (Å²) in [5, 5.41) is 19.1. The van der Waals surface area contributed by atoms with E-state index in [0.717, 1.165) is 0 Å². The molecule has 5 nitrogen and oxygen atoms in total. The number of hydrazone groups is 1. The van der Waals surface area contributed by atoms with Gasteiger partial charge in [-0.2, -0.15) is 10.4 Å². The van der Waals surface area contributed by atoms with Crippen LogP contribution in [0.1, 0.15) is 0 Å². The fourth-order valence-electron chi connectivity index (χ4n) is 0.852. The summed E-state index contributed by atoms with van der Waals surface area (Å²) in [4.78, 5) is 0. The van der Waals surface area contributed by atoms with Crippen molar-refractivity contribution in [3.8, 4) is 6.07 Å². The van der Waals surface area contributed by atoms with E-state index in [0.29, 0.717) is 0 Å². The minimum absolute atomic E-state index is 0.0865. The Bertz CT molecular complexity index is 491. The highest BCUT2D eigenvalue weighted by Crippen LogP contribution is 2.22. The van der Waals surface area contributed by atoms with Crippen molar-refractivity contribution in [2.75, 3.05) is 5.43 Å². The number of hydrogen-bond donors (Lipinski definition) is 3. The molecule has 1 aromatic rings. The number of rotatable bonds is 3. The molecule has 0 aliphatic carbocycles. The van der Waals surface area contributed by atoms with E-state index in [-0.39, 0.29) is 15.9 Å². The minimum atomic E-state index is -0.535. The molecule has 0 aromatic heterocycles. The Morgan fingerprint density at radius 2 is 2.31 bits per heavy atom. The maximum atomic E-state index is 13.4. The van der Waals surface area contributed by atoms with Crippen molar-refractivity contribution in [2.45, 2.75) is 0 Å². The van der Waals surface area contributed by atoms with Crippen LogP contribution in [0.3, 0.4) is 0 Å². The fraction of sp³-hybridized carbons (Fsp3) is 0. The molecule has 0 saturated carbocycles. The summed E-state index contributed by atoms with van der Waals surface area (Å²) >= 11 is 3.00. The lowest BCUT2D eigenvalue weighted by Crippen LogP contribution is -2.22. The Kier molecular flexibility index (Phi) is 3.96. The Hall–Kier alpha value is -1.94. The normalized spacial score (nSPS) is 10.7. The molecule has 0 saturated heterocycles. The Labute approximate surface area is 99.4 Å². The monoisotopic (exact) mass is 283 g/mol. The first-order valence-electron chi connectivity index (χ1n) is 4.08. The van der Waals surface area contributed by atoms with Crippen molar-refractivity contribution in [2.24, 2.45) is 10.8 Å². The fourth-order valence-corrected chi connectivity index (χ4v) is 1.22. The van der Waals surface area contributed by atoms with E-state index in [1.165, 1.54) is 12.1 Å². The molecular formula is C9H7BrFN5. The van der Waals surface area contributed by atoms with Gasteiger partial charge in [0.15, 0.2) is 11.7 Å². The molecule has 4 N–H and O–H groups in total. The molecule has 7 heteroatoms. The van der Waals surface area contributed by atoms with Crippen LogP contribution in [0.5, 0.6) is 0 Å². The van der Waals surface area contributed by atoms with Crippen molar-refractivity contribution in [1.82, 2.24) is 0 Å². The van der Waals surface area contributed by atoms with Gasteiger partial charge in [0.05, 0.1) is 10.2 Å². The smallest absolute Gasteiger partial charge is 0.201 e. The Morgan fingerprint density at radius 3 is 2.88 bits per heavy atom. The summed E-state index contributed by atoms with van der Waals surface area (Å²) in [7, 11) is 0. The van der Waals surface area contributed by atoms with E-state index >= 15 is 0 Å². The average Bonchev–Trinajstić information content (AvgIpc) is 2.24. The van der Waals surface area contributed by atoms with Crippen molar-refractivity contribution >= 4 is 33.2 Å². The number of nitriles is 1.